The molecule has 0 saturated carbocycles. The molecule has 0 aromatic heterocycles. The molecule has 92 valence electrons. The number of amides is 1. The lowest BCUT2D eigenvalue weighted by molar-refractivity contribution is 0.150. The lowest BCUT2D eigenvalue weighted by Crippen LogP contribution is -2.29. The molecule has 0 saturated heterocycles. The Morgan fingerprint density at radius 3 is 2.27 bits per heavy atom. The van der Waals surface area contributed by atoms with Gasteiger partial charge in [-0.25, -0.2) is 4.79 Å². The predicted molar refractivity (Wildman–Crippen MR) is 65.1 cm³/mol. The summed E-state index contributed by atoms with van der Waals surface area (Å²) in [7, 11) is 0. The summed E-state index contributed by atoms with van der Waals surface area (Å²) in [4.78, 5) is 10.9. The monoisotopic (exact) mass is 217 g/mol. The largest absolute Gasteiger partial charge is 0.450 e. The molecule has 0 aliphatic heterocycles. The van der Waals surface area contributed by atoms with E-state index in [0.717, 1.165) is 13.0 Å². The van der Waals surface area contributed by atoms with Gasteiger partial charge >= 0.3 is 6.09 Å². The summed E-state index contributed by atoms with van der Waals surface area (Å²) in [6.07, 6.45) is 3.16. The maximum Gasteiger partial charge on any atom is 0.407 e. The summed E-state index contributed by atoms with van der Waals surface area (Å²) in [5.74, 6) is 0.592. The average Bonchev–Trinajstić information content (AvgIpc) is 2.27. The number of alkyl carbamates (subject to hydrolysis) is 1. The van der Waals surface area contributed by atoms with Crippen molar-refractivity contribution in [1.82, 2.24) is 5.32 Å². The summed E-state index contributed by atoms with van der Waals surface area (Å²) in [5, 5.41) is 2.76. The van der Waals surface area contributed by atoms with Crippen molar-refractivity contribution in [2.45, 2.75) is 53.9 Å². The lowest BCUT2D eigenvalue weighted by atomic mass is 10.0. The minimum Gasteiger partial charge on any atom is -0.450 e. The van der Waals surface area contributed by atoms with Crippen LogP contribution in [0.4, 0.5) is 4.79 Å². The van der Waals surface area contributed by atoms with Crippen LogP contribution in [0, 0.1) is 5.92 Å². The molecule has 0 aliphatic rings. The van der Waals surface area contributed by atoms with Crippen molar-refractivity contribution in [2.24, 2.45) is 5.92 Å². The van der Waals surface area contributed by atoms with Crippen LogP contribution in [0.15, 0.2) is 0 Å². The van der Waals surface area contributed by atoms with E-state index in [1.807, 2.05) is 20.8 Å². The number of hydrogen-bond donors (Lipinski definition) is 1. The fourth-order valence-electron chi connectivity index (χ4n) is 1.27. The number of ether oxygens (including phenoxy) is 1. The molecule has 0 aliphatic carbocycles. The van der Waals surface area contributed by atoms with E-state index in [2.05, 4.69) is 19.2 Å². The molecule has 0 unspecified atom stereocenters. The number of carbonyl (C=O) groups is 1. The van der Waals surface area contributed by atoms with Crippen LogP contribution < -0.4 is 5.32 Å². The molecule has 0 aromatic rings. The Morgan fingerprint density at radius 2 is 1.87 bits per heavy atom. The Balaban J connectivity index is 0. The van der Waals surface area contributed by atoms with Crippen molar-refractivity contribution in [3.05, 3.63) is 0 Å². The van der Waals surface area contributed by atoms with Crippen LogP contribution in [-0.2, 0) is 4.74 Å². The van der Waals surface area contributed by atoms with Gasteiger partial charge in [-0.2, -0.15) is 0 Å². The van der Waals surface area contributed by atoms with Gasteiger partial charge in [0.15, 0.2) is 0 Å². The van der Waals surface area contributed by atoms with Crippen LogP contribution in [-0.4, -0.2) is 19.2 Å². The minimum atomic E-state index is -0.294. The van der Waals surface area contributed by atoms with Gasteiger partial charge in [0.25, 0.3) is 0 Å². The van der Waals surface area contributed by atoms with Crippen molar-refractivity contribution in [2.75, 3.05) is 13.2 Å². The van der Waals surface area contributed by atoms with E-state index in [1.54, 1.807) is 0 Å². The van der Waals surface area contributed by atoms with Gasteiger partial charge in [0, 0.05) is 6.54 Å². The molecule has 0 fully saturated rings. The SMILES string of the molecule is CC.CCC[C@H](CC)CNC(=O)OCC. The maximum absolute atomic E-state index is 10.9. The minimum absolute atomic E-state index is 0.294. The van der Waals surface area contributed by atoms with Gasteiger partial charge in [-0.15, -0.1) is 0 Å². The zero-order valence-electron chi connectivity index (χ0n) is 10.9. The molecular weight excluding hydrogens is 190 g/mol. The molecule has 0 radical (unpaired) electrons. The Hall–Kier alpha value is -0.730. The molecular formula is C12H27NO2. The van der Waals surface area contributed by atoms with E-state index in [0.29, 0.717) is 12.5 Å². The summed E-state index contributed by atoms with van der Waals surface area (Å²) in [6, 6.07) is 0. The third-order valence-electron chi connectivity index (χ3n) is 2.08. The Morgan fingerprint density at radius 1 is 1.27 bits per heavy atom. The summed E-state index contributed by atoms with van der Waals surface area (Å²) in [6.45, 7) is 11.3. The van der Waals surface area contributed by atoms with Crippen molar-refractivity contribution < 1.29 is 9.53 Å². The number of rotatable bonds is 6. The van der Waals surface area contributed by atoms with E-state index in [-0.39, 0.29) is 6.09 Å². The van der Waals surface area contributed by atoms with Gasteiger partial charge in [0.2, 0.25) is 0 Å². The van der Waals surface area contributed by atoms with Gasteiger partial charge in [0.05, 0.1) is 6.61 Å². The van der Waals surface area contributed by atoms with Crippen molar-refractivity contribution in [1.29, 1.82) is 0 Å². The van der Waals surface area contributed by atoms with E-state index >= 15 is 0 Å². The smallest absolute Gasteiger partial charge is 0.407 e. The highest BCUT2D eigenvalue weighted by molar-refractivity contribution is 5.66. The van der Waals surface area contributed by atoms with E-state index in [4.69, 9.17) is 4.74 Å². The van der Waals surface area contributed by atoms with Gasteiger partial charge in [-0.3, -0.25) is 0 Å². The highest BCUT2D eigenvalue weighted by Gasteiger charge is 2.07. The molecule has 0 rings (SSSR count). The highest BCUT2D eigenvalue weighted by Crippen LogP contribution is 2.08. The Labute approximate surface area is 94.6 Å². The number of hydrogen-bond acceptors (Lipinski definition) is 2. The maximum atomic E-state index is 10.9. The van der Waals surface area contributed by atoms with E-state index in [1.165, 1.54) is 12.8 Å². The van der Waals surface area contributed by atoms with Gasteiger partial charge in [-0.05, 0) is 19.3 Å². The third-order valence-corrected chi connectivity index (χ3v) is 2.08. The first-order valence-electron chi connectivity index (χ1n) is 6.15. The van der Waals surface area contributed by atoms with Crippen LogP contribution >= 0.6 is 0 Å². The van der Waals surface area contributed by atoms with E-state index < -0.39 is 0 Å². The fraction of sp³-hybridized carbons (Fsp3) is 0.917. The average molecular weight is 217 g/mol. The summed E-state index contributed by atoms with van der Waals surface area (Å²) >= 11 is 0. The van der Waals surface area contributed by atoms with Crippen LogP contribution in [0.2, 0.25) is 0 Å². The standard InChI is InChI=1S/C10H21NO2.C2H6/c1-4-7-9(5-2)8-11-10(12)13-6-3;1-2/h9H,4-8H2,1-3H3,(H,11,12);1-2H3/t9-;/m0./s1. The topological polar surface area (TPSA) is 38.3 Å². The molecule has 3 heteroatoms. The summed E-state index contributed by atoms with van der Waals surface area (Å²) in [5.41, 5.74) is 0. The van der Waals surface area contributed by atoms with Crippen LogP contribution in [0.3, 0.4) is 0 Å². The molecule has 1 amide bonds. The molecule has 15 heavy (non-hydrogen) atoms. The second kappa shape index (κ2) is 13.3. The molecule has 0 bridgehead atoms. The Kier molecular flexibility index (Phi) is 14.8. The number of carbonyl (C=O) groups excluding carboxylic acids is 1. The molecule has 1 atom stereocenters. The second-order valence-corrected chi connectivity index (χ2v) is 3.16. The van der Waals surface area contributed by atoms with E-state index in [9.17, 15) is 4.79 Å². The summed E-state index contributed by atoms with van der Waals surface area (Å²) < 4.78 is 4.76. The molecule has 1 N–H and O–H groups in total. The van der Waals surface area contributed by atoms with Crippen molar-refractivity contribution in [3.8, 4) is 0 Å². The normalized spacial score (nSPS) is 11.0. The molecule has 0 aromatic carbocycles. The van der Waals surface area contributed by atoms with Gasteiger partial charge < -0.3 is 10.1 Å². The first kappa shape index (κ1) is 16.7. The van der Waals surface area contributed by atoms with Crippen LogP contribution in [0.1, 0.15) is 53.9 Å². The highest BCUT2D eigenvalue weighted by atomic mass is 16.5. The fourth-order valence-corrected chi connectivity index (χ4v) is 1.27. The molecule has 0 spiro atoms. The zero-order chi connectivity index (χ0) is 12.1. The quantitative estimate of drug-likeness (QED) is 0.738. The van der Waals surface area contributed by atoms with Gasteiger partial charge in [0.1, 0.15) is 0 Å². The van der Waals surface area contributed by atoms with Crippen molar-refractivity contribution >= 4 is 6.09 Å². The first-order valence-corrected chi connectivity index (χ1v) is 6.15. The zero-order valence-corrected chi connectivity index (χ0v) is 10.9. The number of nitrogens with one attached hydrogen (secondary N) is 1. The van der Waals surface area contributed by atoms with Gasteiger partial charge in [-0.1, -0.05) is 40.5 Å². The second-order valence-electron chi connectivity index (χ2n) is 3.16. The third kappa shape index (κ3) is 11.2. The van der Waals surface area contributed by atoms with Crippen LogP contribution in [0.25, 0.3) is 0 Å². The molecule has 0 heterocycles. The predicted octanol–water partition coefficient (Wildman–Crippen LogP) is 3.59. The lowest BCUT2D eigenvalue weighted by Gasteiger charge is -2.14. The first-order chi connectivity index (χ1) is 7.24. The van der Waals surface area contributed by atoms with Crippen LogP contribution in [0.5, 0.6) is 0 Å². The Bertz CT molecular complexity index is 138. The van der Waals surface area contributed by atoms with Crippen molar-refractivity contribution in [3.63, 3.8) is 0 Å². The molecule has 3 nitrogen and oxygen atoms in total.